The zero-order valence-corrected chi connectivity index (χ0v) is 19.3. The summed E-state index contributed by atoms with van der Waals surface area (Å²) in [5, 5.41) is 7.22. The molecule has 0 aliphatic carbocycles. The second-order valence-electron chi connectivity index (χ2n) is 7.15. The molecule has 0 saturated carbocycles. The molecule has 178 valence electrons. The molecule has 11 nitrogen and oxygen atoms in total. The number of hydrogen-bond acceptors (Lipinski definition) is 9. The molecule has 4 rings (SSSR count). The number of hydrogen-bond donors (Lipinski definition) is 1. The summed E-state index contributed by atoms with van der Waals surface area (Å²) in [6.07, 6.45) is 3.37. The molecular weight excluding hydrogens is 467 g/mol. The van der Waals surface area contributed by atoms with E-state index in [0.29, 0.717) is 22.9 Å². The Balaban J connectivity index is 1.77. The third-order valence-corrected chi connectivity index (χ3v) is 6.63. The highest BCUT2D eigenvalue weighted by Gasteiger charge is 2.29. The quantitative estimate of drug-likeness (QED) is 0.377. The normalized spacial score (nSPS) is 12.4. The average Bonchev–Trinajstić information content (AvgIpc) is 3.49. The van der Waals surface area contributed by atoms with E-state index in [4.69, 9.17) is 13.9 Å². The lowest BCUT2D eigenvalue weighted by molar-refractivity contribution is 0.391. The van der Waals surface area contributed by atoms with Crippen LogP contribution < -0.4 is 14.2 Å². The van der Waals surface area contributed by atoms with Crippen molar-refractivity contribution in [3.05, 3.63) is 60.6 Å². The van der Waals surface area contributed by atoms with Gasteiger partial charge in [-0.2, -0.15) is 0 Å². The van der Waals surface area contributed by atoms with Crippen LogP contribution in [0, 0.1) is 5.82 Å². The molecule has 1 atom stereocenters. The van der Waals surface area contributed by atoms with E-state index >= 15 is 0 Å². The van der Waals surface area contributed by atoms with Gasteiger partial charge in [0, 0.05) is 6.42 Å². The minimum absolute atomic E-state index is 0.0488. The van der Waals surface area contributed by atoms with E-state index in [1.807, 2.05) is 0 Å². The van der Waals surface area contributed by atoms with Crippen molar-refractivity contribution in [2.45, 2.75) is 18.6 Å². The average molecular weight is 489 g/mol. The zero-order valence-electron chi connectivity index (χ0n) is 18.5. The molecule has 0 aliphatic rings. The van der Waals surface area contributed by atoms with Gasteiger partial charge in [0.25, 0.3) is 0 Å². The Labute approximate surface area is 194 Å². The van der Waals surface area contributed by atoms with Crippen molar-refractivity contribution >= 4 is 16.0 Å². The Morgan fingerprint density at radius 2 is 1.76 bits per heavy atom. The van der Waals surface area contributed by atoms with Crippen LogP contribution in [0.15, 0.2) is 53.4 Å². The van der Waals surface area contributed by atoms with Gasteiger partial charge in [0.1, 0.15) is 23.0 Å². The van der Waals surface area contributed by atoms with Crippen molar-refractivity contribution in [3.63, 3.8) is 0 Å². The molecule has 1 unspecified atom stereocenters. The van der Waals surface area contributed by atoms with Crippen LogP contribution in [0.4, 0.5) is 10.3 Å². The number of benzene rings is 1. The van der Waals surface area contributed by atoms with Crippen LogP contribution in [-0.2, 0) is 16.4 Å². The molecule has 0 spiro atoms. The van der Waals surface area contributed by atoms with Crippen molar-refractivity contribution in [2.75, 3.05) is 18.9 Å². The number of nitrogens with one attached hydrogen (secondary N) is 1. The first kappa shape index (κ1) is 23.2. The third-order valence-electron chi connectivity index (χ3n) is 4.94. The summed E-state index contributed by atoms with van der Waals surface area (Å²) in [5.74, 6) is 0.810. The number of nitrogens with zero attached hydrogens (tertiary/aromatic N) is 5. The van der Waals surface area contributed by atoms with Crippen molar-refractivity contribution in [1.82, 2.24) is 24.7 Å². The summed E-state index contributed by atoms with van der Waals surface area (Å²) >= 11 is 0. The topological polar surface area (TPSA) is 134 Å². The molecule has 0 bridgehead atoms. The molecule has 13 heteroatoms. The lowest BCUT2D eigenvalue weighted by Crippen LogP contribution is -2.29. The number of para-hydroxylation sites is 1. The molecule has 4 aromatic rings. The standard InChI is InChI=1S/C21H21FN6O5S/c1-13(10-18-23-11-14(22)12-24-18)34(29,30)27-21-26-25-20(17-8-5-9-33-17)28(21)19-15(31-2)6-4-7-16(19)32-3/h4-9,11-13H,10H2,1-3H3,(H,26,27). The summed E-state index contributed by atoms with van der Waals surface area (Å²) in [6, 6.07) is 8.44. The number of aromatic nitrogens is 5. The van der Waals surface area contributed by atoms with Gasteiger partial charge in [0.2, 0.25) is 21.8 Å². The van der Waals surface area contributed by atoms with Crippen LogP contribution in [0.3, 0.4) is 0 Å². The zero-order chi connectivity index (χ0) is 24.3. The Bertz CT molecular complexity index is 1350. The predicted molar refractivity (Wildman–Crippen MR) is 120 cm³/mol. The Kier molecular flexibility index (Phi) is 6.45. The number of anilines is 1. The summed E-state index contributed by atoms with van der Waals surface area (Å²) in [4.78, 5) is 7.66. The highest BCUT2D eigenvalue weighted by Crippen LogP contribution is 2.37. The van der Waals surface area contributed by atoms with E-state index in [9.17, 15) is 12.8 Å². The van der Waals surface area contributed by atoms with Gasteiger partial charge in [-0.05, 0) is 31.2 Å². The molecule has 3 aromatic heterocycles. The predicted octanol–water partition coefficient (Wildman–Crippen LogP) is 2.85. The third kappa shape index (κ3) is 4.55. The lowest BCUT2D eigenvalue weighted by Gasteiger charge is -2.18. The summed E-state index contributed by atoms with van der Waals surface area (Å²) in [6.45, 7) is 1.48. The largest absolute Gasteiger partial charge is 0.494 e. The van der Waals surface area contributed by atoms with E-state index in [1.165, 1.54) is 32.0 Å². The van der Waals surface area contributed by atoms with Gasteiger partial charge in [-0.1, -0.05) is 6.07 Å². The van der Waals surface area contributed by atoms with Crippen molar-refractivity contribution in [1.29, 1.82) is 0 Å². The molecular formula is C21H21FN6O5S. The smallest absolute Gasteiger partial charge is 0.243 e. The first-order chi connectivity index (χ1) is 16.3. The fourth-order valence-corrected chi connectivity index (χ4v) is 4.17. The maximum atomic E-state index is 13.2. The Morgan fingerprint density at radius 1 is 1.09 bits per heavy atom. The van der Waals surface area contributed by atoms with Gasteiger partial charge in [-0.25, -0.2) is 22.8 Å². The van der Waals surface area contributed by atoms with Gasteiger partial charge in [0.15, 0.2) is 11.6 Å². The van der Waals surface area contributed by atoms with Crippen LogP contribution in [0.1, 0.15) is 12.7 Å². The van der Waals surface area contributed by atoms with Crippen molar-refractivity contribution in [2.24, 2.45) is 0 Å². The maximum absolute atomic E-state index is 13.2. The van der Waals surface area contributed by atoms with E-state index < -0.39 is 21.1 Å². The highest BCUT2D eigenvalue weighted by atomic mass is 32.2. The van der Waals surface area contributed by atoms with Crippen molar-refractivity contribution < 1.29 is 26.7 Å². The molecule has 34 heavy (non-hydrogen) atoms. The van der Waals surface area contributed by atoms with Crippen LogP contribution in [0.2, 0.25) is 0 Å². The van der Waals surface area contributed by atoms with E-state index in [0.717, 1.165) is 12.4 Å². The minimum Gasteiger partial charge on any atom is -0.494 e. The minimum atomic E-state index is -4.01. The summed E-state index contributed by atoms with van der Waals surface area (Å²) in [7, 11) is -1.05. The fraction of sp³-hybridized carbons (Fsp3) is 0.238. The van der Waals surface area contributed by atoms with Gasteiger partial charge in [0.05, 0.1) is 38.1 Å². The van der Waals surface area contributed by atoms with Crippen LogP contribution in [0.5, 0.6) is 11.5 Å². The number of rotatable bonds is 9. The number of furan rings is 1. The Morgan fingerprint density at radius 3 is 2.35 bits per heavy atom. The maximum Gasteiger partial charge on any atom is 0.243 e. The van der Waals surface area contributed by atoms with Crippen LogP contribution in [-0.4, -0.2) is 52.6 Å². The highest BCUT2D eigenvalue weighted by molar-refractivity contribution is 7.93. The monoisotopic (exact) mass is 488 g/mol. The molecule has 0 fully saturated rings. The van der Waals surface area contributed by atoms with E-state index in [-0.39, 0.29) is 24.0 Å². The van der Waals surface area contributed by atoms with Gasteiger partial charge in [-0.15, -0.1) is 10.2 Å². The van der Waals surface area contributed by atoms with E-state index in [2.05, 4.69) is 24.9 Å². The van der Waals surface area contributed by atoms with Crippen LogP contribution in [0.25, 0.3) is 17.3 Å². The molecule has 3 heterocycles. The first-order valence-corrected chi connectivity index (χ1v) is 11.6. The summed E-state index contributed by atoms with van der Waals surface area (Å²) in [5.41, 5.74) is 0.371. The molecule has 0 saturated heterocycles. The van der Waals surface area contributed by atoms with Gasteiger partial charge < -0.3 is 13.9 Å². The molecule has 0 radical (unpaired) electrons. The molecule has 0 aliphatic heterocycles. The fourth-order valence-electron chi connectivity index (χ4n) is 3.22. The van der Waals surface area contributed by atoms with E-state index in [1.54, 1.807) is 30.3 Å². The second-order valence-corrected chi connectivity index (χ2v) is 9.25. The van der Waals surface area contributed by atoms with Gasteiger partial charge in [-0.3, -0.25) is 9.29 Å². The SMILES string of the molecule is COc1cccc(OC)c1-n1c(NS(=O)(=O)C(C)Cc2ncc(F)cn2)nnc1-c1ccco1. The number of methoxy groups -OCH3 is 2. The number of halogens is 1. The molecule has 1 N–H and O–H groups in total. The first-order valence-electron chi connectivity index (χ1n) is 10.0. The number of sulfonamides is 1. The second kappa shape index (κ2) is 9.47. The molecule has 0 amide bonds. The number of ether oxygens (including phenoxy) is 2. The lowest BCUT2D eigenvalue weighted by atomic mass is 10.2. The van der Waals surface area contributed by atoms with Crippen LogP contribution >= 0.6 is 0 Å². The van der Waals surface area contributed by atoms with Gasteiger partial charge >= 0.3 is 0 Å². The molecule has 1 aromatic carbocycles. The summed E-state index contributed by atoms with van der Waals surface area (Å²) < 4.78 is 59.8. The van der Waals surface area contributed by atoms with Crippen molar-refractivity contribution in [3.8, 4) is 28.8 Å². The Hall–Kier alpha value is -4.00.